The smallest absolute Gasteiger partial charge is 0.275 e. The molecule has 3 aromatic rings. The summed E-state index contributed by atoms with van der Waals surface area (Å²) in [6.07, 6.45) is 4.49. The van der Waals surface area contributed by atoms with E-state index in [-0.39, 0.29) is 11.6 Å². The Balaban J connectivity index is 1.65. The highest BCUT2D eigenvalue weighted by Crippen LogP contribution is 2.13. The van der Waals surface area contributed by atoms with Crippen molar-refractivity contribution in [2.45, 2.75) is 0 Å². The van der Waals surface area contributed by atoms with Crippen molar-refractivity contribution in [2.24, 2.45) is 0 Å². The number of hydrogen-bond donors (Lipinski definition) is 2. The Labute approximate surface area is 165 Å². The monoisotopic (exact) mass is 475 g/mol. The minimum absolute atomic E-state index is 0.174. The molecule has 7 nitrogen and oxygen atoms in total. The lowest BCUT2D eigenvalue weighted by molar-refractivity contribution is 0.101. The molecule has 3 heterocycles. The third-order valence-electron chi connectivity index (χ3n) is 3.20. The minimum Gasteiger partial charge on any atom is -0.307 e. The van der Waals surface area contributed by atoms with Crippen LogP contribution in [-0.4, -0.2) is 26.8 Å². The van der Waals surface area contributed by atoms with E-state index in [4.69, 9.17) is 0 Å². The van der Waals surface area contributed by atoms with E-state index in [1.807, 2.05) is 0 Å². The summed E-state index contributed by atoms with van der Waals surface area (Å²) in [5.74, 6) is 0.0414. The largest absolute Gasteiger partial charge is 0.307 e. The van der Waals surface area contributed by atoms with Gasteiger partial charge in [-0.25, -0.2) is 9.97 Å². The van der Waals surface area contributed by atoms with Gasteiger partial charge in [0.25, 0.3) is 11.8 Å². The number of carbonyl (C=O) groups excluding carboxylic acids is 2. The summed E-state index contributed by atoms with van der Waals surface area (Å²) in [7, 11) is 0. The molecule has 3 rings (SSSR count). The Morgan fingerprint density at radius 1 is 0.692 bits per heavy atom. The maximum Gasteiger partial charge on any atom is 0.275 e. The van der Waals surface area contributed by atoms with E-state index in [1.54, 1.807) is 36.7 Å². The van der Waals surface area contributed by atoms with Crippen LogP contribution in [0.15, 0.2) is 63.9 Å². The second-order valence-corrected chi connectivity index (χ2v) is 6.90. The first-order valence-electron chi connectivity index (χ1n) is 7.33. The van der Waals surface area contributed by atoms with Gasteiger partial charge in [0.15, 0.2) is 0 Å². The zero-order valence-electron chi connectivity index (χ0n) is 13.1. The number of aromatic nitrogens is 3. The molecule has 0 spiro atoms. The highest BCUT2D eigenvalue weighted by molar-refractivity contribution is 9.10. The van der Waals surface area contributed by atoms with Crippen molar-refractivity contribution >= 4 is 55.3 Å². The van der Waals surface area contributed by atoms with E-state index in [1.165, 1.54) is 18.3 Å². The molecule has 0 saturated carbocycles. The fourth-order valence-electron chi connectivity index (χ4n) is 1.93. The van der Waals surface area contributed by atoms with Gasteiger partial charge < -0.3 is 10.6 Å². The summed E-state index contributed by atoms with van der Waals surface area (Å²) in [5.41, 5.74) is 0.487. The molecule has 0 saturated heterocycles. The fourth-order valence-corrected chi connectivity index (χ4v) is 2.40. The summed E-state index contributed by atoms with van der Waals surface area (Å²) in [6, 6.07) is 9.85. The Hall–Kier alpha value is -2.65. The quantitative estimate of drug-likeness (QED) is 0.595. The maximum absolute atomic E-state index is 12.2. The Morgan fingerprint density at radius 3 is 1.73 bits per heavy atom. The first-order valence-corrected chi connectivity index (χ1v) is 8.92. The molecule has 2 N–H and O–H groups in total. The molecule has 0 aliphatic heterocycles. The summed E-state index contributed by atoms with van der Waals surface area (Å²) in [5, 5.41) is 5.28. The Kier molecular flexibility index (Phi) is 5.69. The lowest BCUT2D eigenvalue weighted by atomic mass is 10.2. The highest BCUT2D eigenvalue weighted by atomic mass is 79.9. The van der Waals surface area contributed by atoms with Gasteiger partial charge in [0.05, 0.1) is 5.56 Å². The van der Waals surface area contributed by atoms with Crippen molar-refractivity contribution in [2.75, 3.05) is 10.6 Å². The molecule has 0 atom stereocenters. The highest BCUT2D eigenvalue weighted by Gasteiger charge is 2.12. The number of nitrogens with zero attached hydrogens (tertiary/aromatic N) is 3. The van der Waals surface area contributed by atoms with Crippen molar-refractivity contribution < 1.29 is 9.59 Å². The molecule has 0 radical (unpaired) electrons. The van der Waals surface area contributed by atoms with Crippen LogP contribution in [0.25, 0.3) is 0 Å². The lowest BCUT2D eigenvalue weighted by Crippen LogP contribution is -2.16. The van der Waals surface area contributed by atoms with Crippen LogP contribution in [0.5, 0.6) is 0 Å². The van der Waals surface area contributed by atoms with Crippen LogP contribution in [0.3, 0.4) is 0 Å². The van der Waals surface area contributed by atoms with Crippen molar-refractivity contribution in [1.82, 2.24) is 15.0 Å². The molecule has 0 aliphatic carbocycles. The molecular formula is C17H11Br2N5O2. The maximum atomic E-state index is 12.2. The van der Waals surface area contributed by atoms with Gasteiger partial charge in [0.2, 0.25) is 0 Å². The molecule has 0 bridgehead atoms. The van der Waals surface area contributed by atoms with Crippen molar-refractivity contribution in [3.63, 3.8) is 0 Å². The third-order valence-corrected chi connectivity index (χ3v) is 4.13. The van der Waals surface area contributed by atoms with E-state index in [2.05, 4.69) is 57.4 Å². The Morgan fingerprint density at radius 2 is 1.27 bits per heavy atom. The van der Waals surface area contributed by atoms with Gasteiger partial charge in [-0.1, -0.05) is 0 Å². The van der Waals surface area contributed by atoms with Crippen molar-refractivity contribution in [3.05, 3.63) is 75.2 Å². The van der Waals surface area contributed by atoms with Gasteiger partial charge in [0.1, 0.15) is 17.3 Å². The Bertz CT molecular complexity index is 850. The second kappa shape index (κ2) is 8.15. The zero-order chi connectivity index (χ0) is 18.5. The van der Waals surface area contributed by atoms with Crippen LogP contribution in [-0.2, 0) is 0 Å². The predicted molar refractivity (Wildman–Crippen MR) is 104 cm³/mol. The second-order valence-electron chi connectivity index (χ2n) is 5.06. The van der Waals surface area contributed by atoms with Crippen molar-refractivity contribution in [3.8, 4) is 0 Å². The molecule has 3 aromatic heterocycles. The number of carbonyl (C=O) groups is 2. The van der Waals surface area contributed by atoms with Gasteiger partial charge in [-0.15, -0.1) is 0 Å². The van der Waals surface area contributed by atoms with E-state index in [9.17, 15) is 9.59 Å². The number of halogens is 2. The standard InChI is InChI=1S/C17H11Br2N5O2/c18-11-2-5-14(21-8-11)23-16(25)10-1-4-13(20-7-10)17(26)24-15-6-3-12(19)9-22-15/h1-9H,(H,21,23,25)(H,22,24,26). The number of anilines is 2. The van der Waals surface area contributed by atoms with Crippen LogP contribution in [0.4, 0.5) is 11.6 Å². The summed E-state index contributed by atoms with van der Waals surface area (Å²) < 4.78 is 1.62. The predicted octanol–water partition coefficient (Wildman–Crippen LogP) is 3.90. The van der Waals surface area contributed by atoms with Crippen LogP contribution < -0.4 is 10.6 Å². The lowest BCUT2D eigenvalue weighted by Gasteiger charge is -2.06. The SMILES string of the molecule is O=C(Nc1ccc(Br)cn1)c1ccc(C(=O)Nc2ccc(Br)cn2)nc1. The number of rotatable bonds is 4. The molecule has 26 heavy (non-hydrogen) atoms. The average molecular weight is 477 g/mol. The van der Waals surface area contributed by atoms with Crippen LogP contribution >= 0.6 is 31.9 Å². The van der Waals surface area contributed by atoms with E-state index in [0.29, 0.717) is 17.2 Å². The van der Waals surface area contributed by atoms with Gasteiger partial charge >= 0.3 is 0 Å². The minimum atomic E-state index is -0.415. The fraction of sp³-hybridized carbons (Fsp3) is 0. The first-order chi connectivity index (χ1) is 12.5. The average Bonchev–Trinajstić information content (AvgIpc) is 2.65. The zero-order valence-corrected chi connectivity index (χ0v) is 16.3. The molecule has 2 amide bonds. The van der Waals surface area contributed by atoms with E-state index in [0.717, 1.165) is 8.95 Å². The molecular weight excluding hydrogens is 466 g/mol. The number of nitrogens with one attached hydrogen (secondary N) is 2. The molecule has 0 fully saturated rings. The van der Waals surface area contributed by atoms with Crippen LogP contribution in [0, 0.1) is 0 Å². The van der Waals surface area contributed by atoms with Gasteiger partial charge in [-0.3, -0.25) is 14.6 Å². The molecule has 9 heteroatoms. The van der Waals surface area contributed by atoms with E-state index >= 15 is 0 Å². The number of hydrogen-bond acceptors (Lipinski definition) is 5. The molecule has 0 unspecified atom stereocenters. The molecule has 0 aliphatic rings. The van der Waals surface area contributed by atoms with Crippen LogP contribution in [0.1, 0.15) is 20.8 Å². The number of pyridine rings is 3. The van der Waals surface area contributed by atoms with Gasteiger partial charge in [-0.2, -0.15) is 0 Å². The molecule has 130 valence electrons. The van der Waals surface area contributed by atoms with Gasteiger partial charge in [0, 0.05) is 27.5 Å². The summed E-state index contributed by atoms with van der Waals surface area (Å²) in [6.45, 7) is 0. The normalized spacial score (nSPS) is 10.2. The summed E-state index contributed by atoms with van der Waals surface area (Å²) in [4.78, 5) is 36.5. The summed E-state index contributed by atoms with van der Waals surface area (Å²) >= 11 is 6.55. The van der Waals surface area contributed by atoms with Crippen molar-refractivity contribution in [1.29, 1.82) is 0 Å². The number of amides is 2. The third kappa shape index (κ3) is 4.70. The van der Waals surface area contributed by atoms with E-state index < -0.39 is 5.91 Å². The first kappa shape index (κ1) is 18.2. The van der Waals surface area contributed by atoms with Crippen LogP contribution in [0.2, 0.25) is 0 Å². The molecule has 0 aromatic carbocycles. The van der Waals surface area contributed by atoms with Gasteiger partial charge in [-0.05, 0) is 68.3 Å². The topological polar surface area (TPSA) is 96.9 Å².